The maximum Gasteiger partial charge on any atom is 0.340 e. The van der Waals surface area contributed by atoms with Gasteiger partial charge >= 0.3 is 5.97 Å². The van der Waals surface area contributed by atoms with Crippen LogP contribution in [0.25, 0.3) is 0 Å². The molecule has 0 saturated carbocycles. The summed E-state index contributed by atoms with van der Waals surface area (Å²) < 4.78 is 10.1. The highest BCUT2D eigenvalue weighted by Gasteiger charge is 2.45. The van der Waals surface area contributed by atoms with Crippen molar-refractivity contribution in [3.05, 3.63) is 35.4 Å². The molecular weight excluding hydrogens is 280 g/mol. The number of aliphatic hydroxyl groups is 4. The number of benzene rings is 1. The second kappa shape index (κ2) is 6.50. The highest BCUT2D eigenvalue weighted by atomic mass is 16.7. The topological polar surface area (TPSA) is 116 Å². The zero-order valence-electron chi connectivity index (χ0n) is 11.4. The van der Waals surface area contributed by atoms with Gasteiger partial charge in [0, 0.05) is 0 Å². The molecule has 7 nitrogen and oxygen atoms in total. The van der Waals surface area contributed by atoms with Gasteiger partial charge in [0.25, 0.3) is 0 Å². The van der Waals surface area contributed by atoms with Crippen LogP contribution in [-0.4, -0.2) is 63.7 Å². The minimum absolute atomic E-state index is 0.262. The average Bonchev–Trinajstić information content (AvgIpc) is 2.48. The van der Waals surface area contributed by atoms with Gasteiger partial charge in [-0.2, -0.15) is 0 Å². The molecule has 21 heavy (non-hydrogen) atoms. The molecule has 1 aliphatic heterocycles. The van der Waals surface area contributed by atoms with Gasteiger partial charge in [0.05, 0.1) is 12.2 Å². The largest absolute Gasteiger partial charge is 0.429 e. The summed E-state index contributed by atoms with van der Waals surface area (Å²) in [5.41, 5.74) is 1.23. The molecule has 0 bridgehead atoms. The third-order valence-electron chi connectivity index (χ3n) is 3.36. The summed E-state index contributed by atoms with van der Waals surface area (Å²) >= 11 is 0. The highest BCUT2D eigenvalue weighted by Crippen LogP contribution is 2.22. The van der Waals surface area contributed by atoms with Crippen molar-refractivity contribution in [2.24, 2.45) is 0 Å². The number of esters is 1. The van der Waals surface area contributed by atoms with Gasteiger partial charge in [-0.3, -0.25) is 0 Å². The lowest BCUT2D eigenvalue weighted by Gasteiger charge is -2.39. The van der Waals surface area contributed by atoms with Crippen LogP contribution in [0.5, 0.6) is 0 Å². The molecule has 1 fully saturated rings. The van der Waals surface area contributed by atoms with Crippen molar-refractivity contribution in [1.29, 1.82) is 0 Å². The number of ether oxygens (including phenoxy) is 2. The van der Waals surface area contributed by atoms with E-state index < -0.39 is 43.3 Å². The molecule has 4 N–H and O–H groups in total. The molecule has 0 aromatic heterocycles. The summed E-state index contributed by atoms with van der Waals surface area (Å²) in [5.74, 6) is -0.737. The predicted octanol–water partition coefficient (Wildman–Crippen LogP) is -1.05. The van der Waals surface area contributed by atoms with Crippen molar-refractivity contribution in [2.45, 2.75) is 37.6 Å². The Morgan fingerprint density at radius 1 is 1.14 bits per heavy atom. The minimum Gasteiger partial charge on any atom is -0.429 e. The molecule has 1 aromatic rings. The van der Waals surface area contributed by atoms with Crippen LogP contribution in [0.4, 0.5) is 0 Å². The molecule has 0 aliphatic carbocycles. The molecule has 2 rings (SSSR count). The van der Waals surface area contributed by atoms with E-state index in [1.54, 1.807) is 24.3 Å². The van der Waals surface area contributed by atoms with Crippen LogP contribution >= 0.6 is 0 Å². The van der Waals surface area contributed by atoms with Crippen molar-refractivity contribution in [2.75, 3.05) is 6.61 Å². The van der Waals surface area contributed by atoms with Crippen LogP contribution in [0, 0.1) is 6.92 Å². The van der Waals surface area contributed by atoms with Crippen molar-refractivity contribution in [1.82, 2.24) is 0 Å². The fourth-order valence-electron chi connectivity index (χ4n) is 2.03. The summed E-state index contributed by atoms with van der Waals surface area (Å²) in [6, 6.07) is 6.57. The van der Waals surface area contributed by atoms with Crippen molar-refractivity contribution >= 4 is 5.97 Å². The van der Waals surface area contributed by atoms with Crippen LogP contribution in [0.2, 0.25) is 0 Å². The Kier molecular flexibility index (Phi) is 4.92. The number of carbonyl (C=O) groups excluding carboxylic acids is 1. The normalized spacial score (nSPS) is 32.7. The van der Waals surface area contributed by atoms with Gasteiger partial charge < -0.3 is 29.9 Å². The van der Waals surface area contributed by atoms with Gasteiger partial charge in [-0.15, -0.1) is 0 Å². The molecule has 7 heteroatoms. The number of aliphatic hydroxyl groups excluding tert-OH is 4. The summed E-state index contributed by atoms with van der Waals surface area (Å²) in [6.45, 7) is 1.29. The maximum atomic E-state index is 11.9. The number of hydrogen-bond donors (Lipinski definition) is 4. The Balaban J connectivity index is 2.07. The molecule has 1 aliphatic rings. The highest BCUT2D eigenvalue weighted by molar-refractivity contribution is 5.89. The van der Waals surface area contributed by atoms with Crippen molar-refractivity contribution in [3.8, 4) is 0 Å². The van der Waals surface area contributed by atoms with Crippen LogP contribution in [-0.2, 0) is 9.47 Å². The Morgan fingerprint density at radius 2 is 1.76 bits per heavy atom. The van der Waals surface area contributed by atoms with Gasteiger partial charge in [-0.1, -0.05) is 17.7 Å². The number of aryl methyl sites for hydroxylation is 1. The molecule has 0 amide bonds. The third-order valence-corrected chi connectivity index (χ3v) is 3.36. The maximum absolute atomic E-state index is 11.9. The summed E-state index contributed by atoms with van der Waals surface area (Å²) in [7, 11) is 0. The Bertz CT molecular complexity index is 485. The summed E-state index contributed by atoms with van der Waals surface area (Å²) in [4.78, 5) is 11.9. The first-order valence-corrected chi connectivity index (χ1v) is 6.52. The number of hydrogen-bond acceptors (Lipinski definition) is 7. The zero-order chi connectivity index (χ0) is 15.6. The Hall–Kier alpha value is -1.51. The lowest BCUT2D eigenvalue weighted by Crippen LogP contribution is -2.59. The van der Waals surface area contributed by atoms with Crippen molar-refractivity contribution < 1.29 is 34.7 Å². The zero-order valence-corrected chi connectivity index (χ0v) is 11.4. The van der Waals surface area contributed by atoms with E-state index in [9.17, 15) is 20.1 Å². The third kappa shape index (κ3) is 3.39. The SMILES string of the molecule is Cc1ccc(C(=O)OC2OC(CO)C(O)C(O)C2O)cc1. The van der Waals surface area contributed by atoms with E-state index in [4.69, 9.17) is 14.6 Å². The summed E-state index contributed by atoms with van der Waals surface area (Å²) in [6.07, 6.45) is -7.24. The van der Waals surface area contributed by atoms with Crippen LogP contribution in [0.3, 0.4) is 0 Å². The minimum atomic E-state index is -1.60. The van der Waals surface area contributed by atoms with Gasteiger partial charge in [0.1, 0.15) is 24.4 Å². The Labute approximate surface area is 121 Å². The predicted molar refractivity (Wildman–Crippen MR) is 70.4 cm³/mol. The lowest BCUT2D eigenvalue weighted by atomic mass is 9.99. The van der Waals surface area contributed by atoms with E-state index in [0.717, 1.165) is 5.56 Å². The fraction of sp³-hybridized carbons (Fsp3) is 0.500. The number of rotatable bonds is 3. The van der Waals surface area contributed by atoms with E-state index in [0.29, 0.717) is 0 Å². The molecule has 1 aromatic carbocycles. The summed E-state index contributed by atoms with van der Waals surface area (Å²) in [5, 5.41) is 38.0. The quantitative estimate of drug-likeness (QED) is 0.526. The second-order valence-corrected chi connectivity index (χ2v) is 4.97. The standard InChI is InChI=1S/C14H18O7/c1-7-2-4-8(5-3-7)13(19)21-14-12(18)11(17)10(16)9(6-15)20-14/h2-5,9-12,14-18H,6H2,1H3. The van der Waals surface area contributed by atoms with Crippen LogP contribution < -0.4 is 0 Å². The van der Waals surface area contributed by atoms with Crippen LogP contribution in [0.15, 0.2) is 24.3 Å². The monoisotopic (exact) mass is 298 g/mol. The molecule has 0 radical (unpaired) electrons. The molecule has 1 saturated heterocycles. The van der Waals surface area contributed by atoms with Gasteiger partial charge in [-0.05, 0) is 19.1 Å². The van der Waals surface area contributed by atoms with Gasteiger partial charge in [0.15, 0.2) is 0 Å². The van der Waals surface area contributed by atoms with E-state index in [2.05, 4.69) is 0 Å². The fourth-order valence-corrected chi connectivity index (χ4v) is 2.03. The average molecular weight is 298 g/mol. The molecule has 1 heterocycles. The Morgan fingerprint density at radius 3 is 2.33 bits per heavy atom. The number of carbonyl (C=O) groups is 1. The van der Waals surface area contributed by atoms with Gasteiger partial charge in [-0.25, -0.2) is 4.79 Å². The van der Waals surface area contributed by atoms with E-state index in [-0.39, 0.29) is 5.56 Å². The molecule has 5 atom stereocenters. The lowest BCUT2D eigenvalue weighted by molar-refractivity contribution is -0.285. The van der Waals surface area contributed by atoms with E-state index in [1.165, 1.54) is 0 Å². The second-order valence-electron chi connectivity index (χ2n) is 4.97. The van der Waals surface area contributed by atoms with Crippen molar-refractivity contribution in [3.63, 3.8) is 0 Å². The molecular formula is C14H18O7. The molecule has 5 unspecified atom stereocenters. The van der Waals surface area contributed by atoms with E-state index >= 15 is 0 Å². The molecule has 0 spiro atoms. The first-order chi connectivity index (χ1) is 9.93. The van der Waals surface area contributed by atoms with E-state index in [1.807, 2.05) is 6.92 Å². The smallest absolute Gasteiger partial charge is 0.340 e. The molecule has 116 valence electrons. The first-order valence-electron chi connectivity index (χ1n) is 6.52. The first kappa shape index (κ1) is 15.9. The van der Waals surface area contributed by atoms with Gasteiger partial charge in [0.2, 0.25) is 6.29 Å². The van der Waals surface area contributed by atoms with Crippen LogP contribution in [0.1, 0.15) is 15.9 Å².